The van der Waals surface area contributed by atoms with E-state index in [0.717, 1.165) is 6.42 Å². The van der Waals surface area contributed by atoms with Crippen molar-refractivity contribution < 1.29 is 9.90 Å². The molecule has 0 saturated carbocycles. The van der Waals surface area contributed by atoms with Crippen molar-refractivity contribution in [1.82, 2.24) is 19.9 Å². The molecule has 1 saturated heterocycles. The van der Waals surface area contributed by atoms with Crippen molar-refractivity contribution in [3.05, 3.63) is 12.7 Å². The third-order valence-corrected chi connectivity index (χ3v) is 3.01. The molecule has 0 bridgehead atoms. The van der Waals surface area contributed by atoms with Gasteiger partial charge in [-0.3, -0.25) is 0 Å². The van der Waals surface area contributed by atoms with E-state index in [0.29, 0.717) is 29.9 Å². The normalized spacial score (nSPS) is 20.0. The van der Waals surface area contributed by atoms with Gasteiger partial charge >= 0.3 is 5.97 Å². The number of nitrogens with one attached hydrogen (secondary N) is 1. The lowest BCUT2D eigenvalue weighted by Gasteiger charge is -2.22. The predicted octanol–water partition coefficient (Wildman–Crippen LogP) is 0.406. The van der Waals surface area contributed by atoms with Crippen molar-refractivity contribution in [1.29, 1.82) is 0 Å². The van der Waals surface area contributed by atoms with Crippen LogP contribution in [0, 0.1) is 0 Å². The molecular weight excluding hydrogens is 222 g/mol. The van der Waals surface area contributed by atoms with Gasteiger partial charge in [-0.1, -0.05) is 0 Å². The van der Waals surface area contributed by atoms with Gasteiger partial charge in [0.15, 0.2) is 11.5 Å². The summed E-state index contributed by atoms with van der Waals surface area (Å²) in [4.78, 5) is 28.1. The fourth-order valence-electron chi connectivity index (χ4n) is 2.25. The van der Waals surface area contributed by atoms with Crippen molar-refractivity contribution >= 4 is 23.0 Å². The van der Waals surface area contributed by atoms with Crippen LogP contribution >= 0.6 is 0 Å². The van der Waals surface area contributed by atoms with Crippen molar-refractivity contribution in [2.75, 3.05) is 11.4 Å². The van der Waals surface area contributed by atoms with E-state index in [4.69, 9.17) is 5.11 Å². The van der Waals surface area contributed by atoms with E-state index >= 15 is 0 Å². The van der Waals surface area contributed by atoms with Gasteiger partial charge in [0.25, 0.3) is 0 Å². The van der Waals surface area contributed by atoms with Crippen LogP contribution in [0.1, 0.15) is 12.8 Å². The number of aliphatic carboxylic acids is 1. The number of aromatic nitrogens is 4. The summed E-state index contributed by atoms with van der Waals surface area (Å²) in [6.07, 6.45) is 4.45. The molecule has 7 nitrogen and oxygen atoms in total. The number of imidazole rings is 1. The number of rotatable bonds is 2. The highest BCUT2D eigenvalue weighted by Gasteiger charge is 2.32. The van der Waals surface area contributed by atoms with Crippen molar-refractivity contribution in [2.45, 2.75) is 18.9 Å². The molecule has 3 heterocycles. The first-order valence-corrected chi connectivity index (χ1v) is 5.41. The summed E-state index contributed by atoms with van der Waals surface area (Å²) in [5.41, 5.74) is 1.26. The number of anilines is 1. The maximum absolute atomic E-state index is 11.1. The zero-order valence-electron chi connectivity index (χ0n) is 9.00. The number of carboxylic acid groups (broad SMARTS) is 1. The highest BCUT2D eigenvalue weighted by molar-refractivity contribution is 5.87. The van der Waals surface area contributed by atoms with Gasteiger partial charge in [0.1, 0.15) is 17.9 Å². The van der Waals surface area contributed by atoms with Gasteiger partial charge in [-0.15, -0.1) is 0 Å². The molecule has 0 radical (unpaired) electrons. The first kappa shape index (κ1) is 10.0. The summed E-state index contributed by atoms with van der Waals surface area (Å²) in [7, 11) is 0. The topological polar surface area (TPSA) is 95.0 Å². The lowest BCUT2D eigenvalue weighted by Crippen LogP contribution is -2.36. The maximum atomic E-state index is 11.1. The summed E-state index contributed by atoms with van der Waals surface area (Å²) in [6.45, 7) is 0.697. The molecule has 0 spiro atoms. The molecule has 88 valence electrons. The van der Waals surface area contributed by atoms with Crippen molar-refractivity contribution in [3.8, 4) is 0 Å². The summed E-state index contributed by atoms with van der Waals surface area (Å²) >= 11 is 0. The maximum Gasteiger partial charge on any atom is 0.326 e. The fraction of sp³-hybridized carbons (Fsp3) is 0.400. The number of carboxylic acids is 1. The van der Waals surface area contributed by atoms with Crippen LogP contribution in [0.15, 0.2) is 12.7 Å². The number of fused-ring (bicyclic) bond motifs is 1. The highest BCUT2D eigenvalue weighted by atomic mass is 16.4. The van der Waals surface area contributed by atoms with Crippen LogP contribution in [0.2, 0.25) is 0 Å². The van der Waals surface area contributed by atoms with Crippen LogP contribution < -0.4 is 4.90 Å². The lowest BCUT2D eigenvalue weighted by molar-refractivity contribution is -0.138. The van der Waals surface area contributed by atoms with Gasteiger partial charge in [-0.05, 0) is 12.8 Å². The van der Waals surface area contributed by atoms with E-state index in [1.165, 1.54) is 12.7 Å². The van der Waals surface area contributed by atoms with Crippen LogP contribution in [0.25, 0.3) is 11.2 Å². The van der Waals surface area contributed by atoms with E-state index in [-0.39, 0.29) is 0 Å². The lowest BCUT2D eigenvalue weighted by atomic mass is 10.2. The zero-order valence-corrected chi connectivity index (χ0v) is 9.00. The molecule has 0 aliphatic carbocycles. The molecule has 0 aromatic carbocycles. The minimum absolute atomic E-state index is 0.503. The Morgan fingerprint density at radius 1 is 1.47 bits per heavy atom. The summed E-state index contributed by atoms with van der Waals surface area (Å²) in [6, 6.07) is -0.503. The number of H-pyrrole nitrogens is 1. The molecule has 1 aliphatic rings. The molecule has 7 heteroatoms. The third-order valence-electron chi connectivity index (χ3n) is 3.01. The van der Waals surface area contributed by atoms with Gasteiger partial charge in [-0.25, -0.2) is 19.7 Å². The molecule has 2 N–H and O–H groups in total. The van der Waals surface area contributed by atoms with E-state index in [1.807, 2.05) is 0 Å². The van der Waals surface area contributed by atoms with Gasteiger partial charge < -0.3 is 15.0 Å². The van der Waals surface area contributed by atoms with E-state index in [1.54, 1.807) is 4.90 Å². The Bertz CT molecular complexity index is 567. The first-order valence-electron chi connectivity index (χ1n) is 5.41. The standard InChI is InChI=1S/C10H11N5O2/c16-10(17)6-2-1-3-15(6)9-7-8(12-4-11-7)13-5-14-9/h4-6H,1-3H2,(H,16,17)(H,11,12,13,14)/t6-/m0/s1. The molecule has 0 amide bonds. The smallest absolute Gasteiger partial charge is 0.326 e. The second kappa shape index (κ2) is 3.69. The van der Waals surface area contributed by atoms with Crippen LogP contribution in [0.3, 0.4) is 0 Å². The summed E-state index contributed by atoms with van der Waals surface area (Å²) in [5, 5.41) is 9.16. The molecule has 1 aliphatic heterocycles. The summed E-state index contributed by atoms with van der Waals surface area (Å²) in [5.74, 6) is -0.189. The molecule has 0 unspecified atom stereocenters. The number of carbonyl (C=O) groups is 1. The molecule has 1 fully saturated rings. The summed E-state index contributed by atoms with van der Waals surface area (Å²) < 4.78 is 0. The quantitative estimate of drug-likeness (QED) is 0.779. The average Bonchev–Trinajstić information content (AvgIpc) is 2.97. The first-order chi connectivity index (χ1) is 8.27. The SMILES string of the molecule is O=C(O)[C@@H]1CCCN1c1ncnc2nc[nH]c12. The van der Waals surface area contributed by atoms with E-state index in [2.05, 4.69) is 19.9 Å². The van der Waals surface area contributed by atoms with Crippen LogP contribution in [-0.4, -0.2) is 43.6 Å². The molecule has 3 rings (SSSR count). The van der Waals surface area contributed by atoms with E-state index < -0.39 is 12.0 Å². The van der Waals surface area contributed by atoms with Crippen LogP contribution in [-0.2, 0) is 4.79 Å². The number of hydrogen-bond donors (Lipinski definition) is 2. The second-order valence-corrected chi connectivity index (χ2v) is 3.99. The monoisotopic (exact) mass is 233 g/mol. The Labute approximate surface area is 96.5 Å². The van der Waals surface area contributed by atoms with E-state index in [9.17, 15) is 4.79 Å². The minimum atomic E-state index is -0.811. The Morgan fingerprint density at radius 3 is 3.18 bits per heavy atom. The zero-order chi connectivity index (χ0) is 11.8. The van der Waals surface area contributed by atoms with Crippen molar-refractivity contribution in [3.63, 3.8) is 0 Å². The number of aromatic amines is 1. The molecule has 2 aromatic rings. The molecule has 17 heavy (non-hydrogen) atoms. The van der Waals surface area contributed by atoms with Crippen LogP contribution in [0.4, 0.5) is 5.82 Å². The largest absolute Gasteiger partial charge is 0.480 e. The molecular formula is C10H11N5O2. The van der Waals surface area contributed by atoms with Gasteiger partial charge in [0.2, 0.25) is 0 Å². The van der Waals surface area contributed by atoms with Gasteiger partial charge in [0.05, 0.1) is 6.33 Å². The third kappa shape index (κ3) is 1.50. The average molecular weight is 233 g/mol. The van der Waals surface area contributed by atoms with Gasteiger partial charge in [-0.2, -0.15) is 0 Å². The Morgan fingerprint density at radius 2 is 2.35 bits per heavy atom. The number of nitrogens with zero attached hydrogens (tertiary/aromatic N) is 4. The van der Waals surface area contributed by atoms with Crippen LogP contribution in [0.5, 0.6) is 0 Å². The Balaban J connectivity index is 2.08. The molecule has 1 atom stereocenters. The van der Waals surface area contributed by atoms with Gasteiger partial charge in [0, 0.05) is 6.54 Å². The predicted molar refractivity (Wildman–Crippen MR) is 59.7 cm³/mol. The minimum Gasteiger partial charge on any atom is -0.480 e. The number of hydrogen-bond acceptors (Lipinski definition) is 5. The second-order valence-electron chi connectivity index (χ2n) is 3.99. The van der Waals surface area contributed by atoms with Crippen molar-refractivity contribution in [2.24, 2.45) is 0 Å². The fourth-order valence-corrected chi connectivity index (χ4v) is 2.25. The highest BCUT2D eigenvalue weighted by Crippen LogP contribution is 2.27. The Hall–Kier alpha value is -2.18. The molecule has 2 aromatic heterocycles. The Kier molecular flexibility index (Phi) is 2.17.